The topological polar surface area (TPSA) is 61.9 Å². The number of nitrogens with one attached hydrogen (secondary N) is 1. The van der Waals surface area contributed by atoms with E-state index in [9.17, 15) is 4.79 Å². The summed E-state index contributed by atoms with van der Waals surface area (Å²) >= 11 is 0. The van der Waals surface area contributed by atoms with Crippen molar-refractivity contribution in [1.29, 1.82) is 0 Å². The molecular formula is C19H22N4O. The predicted molar refractivity (Wildman–Crippen MR) is 94.7 cm³/mol. The lowest BCUT2D eigenvalue weighted by molar-refractivity contribution is -0.130. The average Bonchev–Trinajstić information content (AvgIpc) is 2.98. The number of imidazole rings is 1. The zero-order valence-corrected chi connectivity index (χ0v) is 14.1. The Morgan fingerprint density at radius 1 is 1.21 bits per heavy atom. The number of carbonyl (C=O) groups excluding carboxylic acids is 1. The molecule has 0 saturated carbocycles. The minimum atomic E-state index is 0.135. The third-order valence-electron chi connectivity index (χ3n) is 4.14. The van der Waals surface area contributed by atoms with Crippen LogP contribution in [0.1, 0.15) is 23.9 Å². The van der Waals surface area contributed by atoms with Crippen molar-refractivity contribution in [1.82, 2.24) is 19.9 Å². The SMILES string of the molecule is CCN(CCc1nc2ccc(C)cc2[nH]1)C(=O)Cc1ccncc1. The molecule has 2 heterocycles. The third-order valence-corrected chi connectivity index (χ3v) is 4.14. The summed E-state index contributed by atoms with van der Waals surface area (Å²) in [5.41, 5.74) is 4.23. The number of fused-ring (bicyclic) bond motifs is 1. The summed E-state index contributed by atoms with van der Waals surface area (Å²) in [6.45, 7) is 5.44. The lowest BCUT2D eigenvalue weighted by atomic mass is 10.2. The summed E-state index contributed by atoms with van der Waals surface area (Å²) in [6.07, 6.45) is 4.57. The molecule has 0 radical (unpaired) electrons. The number of aromatic nitrogens is 3. The van der Waals surface area contributed by atoms with E-state index in [-0.39, 0.29) is 5.91 Å². The molecule has 0 bridgehead atoms. The van der Waals surface area contributed by atoms with Gasteiger partial charge in [0.1, 0.15) is 5.82 Å². The van der Waals surface area contributed by atoms with Crippen molar-refractivity contribution >= 4 is 16.9 Å². The summed E-state index contributed by atoms with van der Waals surface area (Å²) in [5, 5.41) is 0. The molecule has 2 aromatic heterocycles. The second kappa shape index (κ2) is 7.25. The molecule has 0 unspecified atom stereocenters. The lowest BCUT2D eigenvalue weighted by Crippen LogP contribution is -2.34. The number of rotatable bonds is 6. The fourth-order valence-corrected chi connectivity index (χ4v) is 2.78. The normalized spacial score (nSPS) is 10.9. The van der Waals surface area contributed by atoms with Gasteiger partial charge in [-0.25, -0.2) is 4.98 Å². The van der Waals surface area contributed by atoms with E-state index in [4.69, 9.17) is 0 Å². The zero-order chi connectivity index (χ0) is 16.9. The Bertz CT molecular complexity index is 826. The largest absolute Gasteiger partial charge is 0.342 e. The van der Waals surface area contributed by atoms with Crippen LogP contribution in [0.2, 0.25) is 0 Å². The first-order valence-corrected chi connectivity index (χ1v) is 8.27. The van der Waals surface area contributed by atoms with Gasteiger partial charge in [0.15, 0.2) is 0 Å². The maximum absolute atomic E-state index is 12.5. The van der Waals surface area contributed by atoms with E-state index >= 15 is 0 Å². The van der Waals surface area contributed by atoms with Crippen molar-refractivity contribution in [2.45, 2.75) is 26.7 Å². The highest BCUT2D eigenvalue weighted by Gasteiger charge is 2.13. The van der Waals surface area contributed by atoms with Crippen LogP contribution >= 0.6 is 0 Å². The van der Waals surface area contributed by atoms with Crippen LogP contribution in [0.15, 0.2) is 42.7 Å². The smallest absolute Gasteiger partial charge is 0.226 e. The standard InChI is InChI=1S/C19H22N4O/c1-3-23(19(24)13-15-6-9-20-10-7-15)11-8-18-21-16-5-4-14(2)12-17(16)22-18/h4-7,9-10,12H,3,8,11,13H2,1-2H3,(H,21,22). The Morgan fingerprint density at radius 2 is 2.00 bits per heavy atom. The number of pyridine rings is 1. The number of aromatic amines is 1. The molecule has 5 nitrogen and oxygen atoms in total. The van der Waals surface area contributed by atoms with Crippen molar-refractivity contribution in [3.8, 4) is 0 Å². The highest BCUT2D eigenvalue weighted by Crippen LogP contribution is 2.14. The van der Waals surface area contributed by atoms with Gasteiger partial charge in [-0.05, 0) is 49.2 Å². The Labute approximate surface area is 141 Å². The van der Waals surface area contributed by atoms with Crippen molar-refractivity contribution in [3.05, 3.63) is 59.7 Å². The minimum absolute atomic E-state index is 0.135. The van der Waals surface area contributed by atoms with Gasteiger partial charge in [0.25, 0.3) is 0 Å². The van der Waals surface area contributed by atoms with Crippen molar-refractivity contribution in [2.75, 3.05) is 13.1 Å². The predicted octanol–water partition coefficient (Wildman–Crippen LogP) is 2.90. The molecule has 124 valence electrons. The van der Waals surface area contributed by atoms with E-state index in [0.717, 1.165) is 28.8 Å². The zero-order valence-electron chi connectivity index (χ0n) is 14.1. The fraction of sp³-hybridized carbons (Fsp3) is 0.316. The van der Waals surface area contributed by atoms with Crippen molar-refractivity contribution in [3.63, 3.8) is 0 Å². The number of benzene rings is 1. The van der Waals surface area contributed by atoms with Gasteiger partial charge in [-0.2, -0.15) is 0 Å². The van der Waals surface area contributed by atoms with Gasteiger partial charge >= 0.3 is 0 Å². The Morgan fingerprint density at radius 3 is 2.75 bits per heavy atom. The summed E-state index contributed by atoms with van der Waals surface area (Å²) in [7, 11) is 0. The molecule has 3 aromatic rings. The summed E-state index contributed by atoms with van der Waals surface area (Å²) in [6, 6.07) is 9.94. The molecule has 0 atom stereocenters. The molecule has 0 aliphatic rings. The Balaban J connectivity index is 1.63. The van der Waals surface area contributed by atoms with E-state index < -0.39 is 0 Å². The molecule has 1 N–H and O–H groups in total. The van der Waals surface area contributed by atoms with Gasteiger partial charge in [0.2, 0.25) is 5.91 Å². The van der Waals surface area contributed by atoms with E-state index in [2.05, 4.69) is 34.0 Å². The Hall–Kier alpha value is -2.69. The highest BCUT2D eigenvalue weighted by atomic mass is 16.2. The maximum atomic E-state index is 12.5. The van der Waals surface area contributed by atoms with Crippen LogP contribution in [-0.4, -0.2) is 38.8 Å². The van der Waals surface area contributed by atoms with Crippen LogP contribution in [-0.2, 0) is 17.6 Å². The van der Waals surface area contributed by atoms with Gasteiger partial charge in [-0.3, -0.25) is 9.78 Å². The molecule has 0 spiro atoms. The summed E-state index contributed by atoms with van der Waals surface area (Å²) in [5.74, 6) is 1.06. The van der Waals surface area contributed by atoms with E-state index in [1.165, 1.54) is 5.56 Å². The van der Waals surface area contributed by atoms with Gasteiger partial charge < -0.3 is 9.88 Å². The number of hydrogen-bond acceptors (Lipinski definition) is 3. The van der Waals surface area contributed by atoms with Crippen LogP contribution < -0.4 is 0 Å². The third kappa shape index (κ3) is 3.79. The molecule has 1 amide bonds. The molecule has 0 aliphatic heterocycles. The minimum Gasteiger partial charge on any atom is -0.342 e. The van der Waals surface area contributed by atoms with Gasteiger partial charge in [0.05, 0.1) is 17.5 Å². The summed E-state index contributed by atoms with van der Waals surface area (Å²) < 4.78 is 0. The lowest BCUT2D eigenvalue weighted by Gasteiger charge is -2.20. The second-order valence-corrected chi connectivity index (χ2v) is 5.96. The number of carbonyl (C=O) groups is 1. The monoisotopic (exact) mass is 322 g/mol. The first-order chi connectivity index (χ1) is 11.7. The number of amides is 1. The molecule has 1 aromatic carbocycles. The van der Waals surface area contributed by atoms with Gasteiger partial charge in [0, 0.05) is 31.9 Å². The molecule has 0 saturated heterocycles. The van der Waals surface area contributed by atoms with Crippen LogP contribution in [0.4, 0.5) is 0 Å². The molecule has 3 rings (SSSR count). The van der Waals surface area contributed by atoms with Gasteiger partial charge in [-0.1, -0.05) is 6.07 Å². The van der Waals surface area contributed by atoms with Crippen molar-refractivity contribution in [2.24, 2.45) is 0 Å². The van der Waals surface area contributed by atoms with Crippen LogP contribution in [0.5, 0.6) is 0 Å². The van der Waals surface area contributed by atoms with Gasteiger partial charge in [-0.15, -0.1) is 0 Å². The van der Waals surface area contributed by atoms with E-state index in [0.29, 0.717) is 19.5 Å². The van der Waals surface area contributed by atoms with Crippen LogP contribution in [0.3, 0.4) is 0 Å². The molecule has 5 heteroatoms. The number of likely N-dealkylation sites (N-methyl/N-ethyl adjacent to an activating group) is 1. The maximum Gasteiger partial charge on any atom is 0.226 e. The first kappa shape index (κ1) is 16.2. The Kier molecular flexibility index (Phi) is 4.89. The van der Waals surface area contributed by atoms with E-state index in [1.54, 1.807) is 12.4 Å². The number of hydrogen-bond donors (Lipinski definition) is 1. The number of H-pyrrole nitrogens is 1. The quantitative estimate of drug-likeness (QED) is 0.759. The van der Waals surface area contributed by atoms with Crippen LogP contribution in [0, 0.1) is 6.92 Å². The molecule has 0 fully saturated rings. The molecule has 0 aliphatic carbocycles. The molecular weight excluding hydrogens is 300 g/mol. The number of nitrogens with zero attached hydrogens (tertiary/aromatic N) is 3. The van der Waals surface area contributed by atoms with Crippen LogP contribution in [0.25, 0.3) is 11.0 Å². The van der Waals surface area contributed by atoms with Crippen molar-refractivity contribution < 1.29 is 4.79 Å². The molecule has 24 heavy (non-hydrogen) atoms. The first-order valence-electron chi connectivity index (χ1n) is 8.27. The number of aryl methyl sites for hydroxylation is 1. The summed E-state index contributed by atoms with van der Waals surface area (Å²) in [4.78, 5) is 26.3. The second-order valence-electron chi connectivity index (χ2n) is 5.96. The highest BCUT2D eigenvalue weighted by molar-refractivity contribution is 5.79. The average molecular weight is 322 g/mol. The fourth-order valence-electron chi connectivity index (χ4n) is 2.78. The van der Waals surface area contributed by atoms with E-state index in [1.807, 2.05) is 30.0 Å².